The quantitative estimate of drug-likeness (QED) is 0.656. The number of piperidine rings is 1. The van der Waals surface area contributed by atoms with E-state index >= 15 is 0 Å². The zero-order valence-corrected chi connectivity index (χ0v) is 20.9. The normalized spacial score (nSPS) is 18.5. The van der Waals surface area contributed by atoms with Crippen LogP contribution < -0.4 is 5.32 Å². The Balaban J connectivity index is 1.36. The Bertz CT molecular complexity index is 1150. The van der Waals surface area contributed by atoms with E-state index in [1.807, 2.05) is 4.90 Å². The van der Waals surface area contributed by atoms with Gasteiger partial charge in [-0.1, -0.05) is 12.8 Å². The van der Waals surface area contributed by atoms with Gasteiger partial charge in [-0.2, -0.15) is 4.31 Å². The molecule has 0 bridgehead atoms. The van der Waals surface area contributed by atoms with E-state index in [0.717, 1.165) is 37.0 Å². The van der Waals surface area contributed by atoms with E-state index in [1.165, 1.54) is 28.6 Å². The maximum absolute atomic E-state index is 13.3. The fourth-order valence-corrected chi connectivity index (χ4v) is 7.28. The lowest BCUT2D eigenvalue weighted by Crippen LogP contribution is -2.41. The molecule has 0 spiro atoms. The lowest BCUT2D eigenvalue weighted by Gasteiger charge is -2.30. The van der Waals surface area contributed by atoms with Crippen molar-refractivity contribution in [2.75, 3.05) is 31.5 Å². The number of hydrogen-bond donors (Lipinski definition) is 1. The first-order valence-electron chi connectivity index (χ1n) is 11.7. The summed E-state index contributed by atoms with van der Waals surface area (Å²) in [7, 11) is -3.72. The smallest absolute Gasteiger partial charge is 0.254 e. The molecule has 2 fully saturated rings. The van der Waals surface area contributed by atoms with Gasteiger partial charge in [0.1, 0.15) is 10.0 Å². The summed E-state index contributed by atoms with van der Waals surface area (Å²) in [5.74, 6) is -0.974. The van der Waals surface area contributed by atoms with Gasteiger partial charge < -0.3 is 10.2 Å². The lowest BCUT2D eigenvalue weighted by atomic mass is 9.97. The van der Waals surface area contributed by atoms with Gasteiger partial charge in [0.2, 0.25) is 5.91 Å². The van der Waals surface area contributed by atoms with Crippen molar-refractivity contribution in [2.45, 2.75) is 49.7 Å². The van der Waals surface area contributed by atoms with Gasteiger partial charge in [-0.25, -0.2) is 12.8 Å². The van der Waals surface area contributed by atoms with Crippen molar-refractivity contribution in [1.29, 1.82) is 0 Å². The number of aryl methyl sites for hydroxylation is 1. The van der Waals surface area contributed by atoms with Gasteiger partial charge >= 0.3 is 0 Å². The van der Waals surface area contributed by atoms with Crippen molar-refractivity contribution in [3.63, 3.8) is 0 Å². The van der Waals surface area contributed by atoms with Crippen LogP contribution in [0.2, 0.25) is 0 Å². The maximum atomic E-state index is 13.3. The molecule has 2 saturated heterocycles. The highest BCUT2D eigenvalue weighted by Crippen LogP contribution is 2.29. The van der Waals surface area contributed by atoms with E-state index in [1.54, 1.807) is 12.3 Å². The van der Waals surface area contributed by atoms with Gasteiger partial charge in [-0.3, -0.25) is 9.59 Å². The van der Waals surface area contributed by atoms with Crippen molar-refractivity contribution in [1.82, 2.24) is 9.21 Å². The van der Waals surface area contributed by atoms with Crippen LogP contribution in [0.5, 0.6) is 0 Å². The molecule has 7 nitrogen and oxygen atoms in total. The highest BCUT2D eigenvalue weighted by molar-refractivity contribution is 7.91. The first-order valence-corrected chi connectivity index (χ1v) is 14.0. The number of halogens is 1. The fraction of sp³-hybridized carbons (Fsp3) is 0.500. The van der Waals surface area contributed by atoms with Crippen LogP contribution in [-0.2, 0) is 14.8 Å². The zero-order chi connectivity index (χ0) is 24.3. The molecule has 0 radical (unpaired) electrons. The first kappa shape index (κ1) is 24.8. The molecular weight excluding hydrogens is 477 g/mol. The number of thiophene rings is 1. The molecule has 1 aromatic heterocycles. The summed E-state index contributed by atoms with van der Waals surface area (Å²) in [4.78, 5) is 27.3. The predicted molar refractivity (Wildman–Crippen MR) is 130 cm³/mol. The second kappa shape index (κ2) is 10.5. The van der Waals surface area contributed by atoms with Crippen LogP contribution in [0.3, 0.4) is 0 Å². The molecule has 0 unspecified atom stereocenters. The number of carbonyl (C=O) groups is 2. The second-order valence-corrected chi connectivity index (χ2v) is 12.1. The van der Waals surface area contributed by atoms with Crippen LogP contribution in [-0.4, -0.2) is 55.6 Å². The Labute approximate surface area is 204 Å². The van der Waals surface area contributed by atoms with Gasteiger partial charge in [0, 0.05) is 43.2 Å². The van der Waals surface area contributed by atoms with E-state index in [4.69, 9.17) is 0 Å². The van der Waals surface area contributed by atoms with Gasteiger partial charge in [-0.15, -0.1) is 11.3 Å². The molecule has 3 heterocycles. The molecule has 0 aliphatic carbocycles. The molecule has 1 aromatic carbocycles. The van der Waals surface area contributed by atoms with Gasteiger partial charge in [0.05, 0.1) is 5.56 Å². The lowest BCUT2D eigenvalue weighted by molar-refractivity contribution is -0.120. The number of amides is 2. The van der Waals surface area contributed by atoms with Crippen molar-refractivity contribution in [3.05, 3.63) is 46.6 Å². The molecule has 4 rings (SSSR count). The summed E-state index contributed by atoms with van der Waals surface area (Å²) < 4.78 is 41.2. The average Bonchev–Trinajstić information content (AvgIpc) is 3.17. The van der Waals surface area contributed by atoms with E-state index in [9.17, 15) is 22.4 Å². The van der Waals surface area contributed by atoms with E-state index in [0.29, 0.717) is 42.7 Å². The number of benzene rings is 1. The minimum atomic E-state index is -3.72. The summed E-state index contributed by atoms with van der Waals surface area (Å²) in [5, 5.41) is 4.46. The minimum absolute atomic E-state index is 0.105. The first-order chi connectivity index (χ1) is 16.3. The van der Waals surface area contributed by atoms with Crippen molar-refractivity contribution in [3.8, 4) is 0 Å². The number of likely N-dealkylation sites (tertiary alicyclic amines) is 1. The molecule has 1 N–H and O–H groups in total. The van der Waals surface area contributed by atoms with Crippen LogP contribution in [0.4, 0.5) is 10.1 Å². The SMILES string of the molecule is Cc1cc(F)ccc1NC(=O)C1CCN(S(=O)(=O)c2cc(C(=O)N3CCCCCC3)cs2)CC1. The van der Waals surface area contributed by atoms with Crippen molar-refractivity contribution >= 4 is 38.9 Å². The Kier molecular flexibility index (Phi) is 7.69. The van der Waals surface area contributed by atoms with Crippen molar-refractivity contribution < 1.29 is 22.4 Å². The maximum Gasteiger partial charge on any atom is 0.254 e. The monoisotopic (exact) mass is 507 g/mol. The van der Waals surface area contributed by atoms with E-state index in [-0.39, 0.29) is 40.8 Å². The fourth-order valence-electron chi connectivity index (χ4n) is 4.51. The van der Waals surface area contributed by atoms with E-state index < -0.39 is 10.0 Å². The minimum Gasteiger partial charge on any atom is -0.339 e. The number of nitrogens with one attached hydrogen (secondary N) is 1. The molecular formula is C24H30FN3O4S2. The average molecular weight is 508 g/mol. The Morgan fingerprint density at radius 1 is 1.03 bits per heavy atom. The number of sulfonamides is 1. The van der Waals surface area contributed by atoms with Crippen molar-refractivity contribution in [2.24, 2.45) is 5.92 Å². The molecule has 2 amide bonds. The molecule has 2 aliphatic heterocycles. The predicted octanol–water partition coefficient (Wildman–Crippen LogP) is 4.25. The van der Waals surface area contributed by atoms with Crippen LogP contribution in [0.15, 0.2) is 33.9 Å². The topological polar surface area (TPSA) is 86.8 Å². The summed E-state index contributed by atoms with van der Waals surface area (Å²) in [6.45, 7) is 3.61. The van der Waals surface area contributed by atoms with Gasteiger partial charge in [0.25, 0.3) is 15.9 Å². The highest BCUT2D eigenvalue weighted by Gasteiger charge is 2.33. The Hall–Kier alpha value is -2.30. The Morgan fingerprint density at radius 3 is 2.35 bits per heavy atom. The summed E-state index contributed by atoms with van der Waals surface area (Å²) in [6, 6.07) is 5.68. The number of nitrogens with zero attached hydrogens (tertiary/aromatic N) is 2. The Morgan fingerprint density at radius 2 is 1.71 bits per heavy atom. The summed E-state index contributed by atoms with van der Waals surface area (Å²) in [5.41, 5.74) is 1.62. The molecule has 2 aromatic rings. The zero-order valence-electron chi connectivity index (χ0n) is 19.3. The third-order valence-corrected chi connectivity index (χ3v) is 9.89. The number of anilines is 1. The molecule has 34 heavy (non-hydrogen) atoms. The van der Waals surface area contributed by atoms with Crippen LogP contribution in [0.1, 0.15) is 54.4 Å². The molecule has 0 saturated carbocycles. The second-order valence-electron chi connectivity index (χ2n) is 8.99. The highest BCUT2D eigenvalue weighted by atomic mass is 32.2. The molecule has 0 atom stereocenters. The van der Waals surface area contributed by atoms with Crippen LogP contribution in [0.25, 0.3) is 0 Å². The third kappa shape index (κ3) is 5.50. The molecule has 10 heteroatoms. The standard InChI is InChI=1S/C24H30FN3O4S2/c1-17-14-20(25)6-7-21(17)26-23(29)18-8-12-28(13-9-18)34(31,32)22-15-19(16-33-22)24(30)27-10-4-2-3-5-11-27/h6-7,14-16,18H,2-5,8-13H2,1H3,(H,26,29). The largest absolute Gasteiger partial charge is 0.339 e. The summed E-state index contributed by atoms with van der Waals surface area (Å²) in [6.07, 6.45) is 4.98. The molecule has 2 aliphatic rings. The number of hydrogen-bond acceptors (Lipinski definition) is 5. The third-order valence-electron chi connectivity index (χ3n) is 6.58. The number of carbonyl (C=O) groups excluding carboxylic acids is 2. The van der Waals surface area contributed by atoms with E-state index in [2.05, 4.69) is 5.32 Å². The number of rotatable bonds is 5. The van der Waals surface area contributed by atoms with Gasteiger partial charge in [0.15, 0.2) is 0 Å². The summed E-state index contributed by atoms with van der Waals surface area (Å²) >= 11 is 1.07. The van der Waals surface area contributed by atoms with Gasteiger partial charge in [-0.05, 0) is 62.4 Å². The molecule has 184 valence electrons. The van der Waals surface area contributed by atoms with Crippen LogP contribution >= 0.6 is 11.3 Å². The van der Waals surface area contributed by atoms with Crippen LogP contribution in [0, 0.1) is 18.7 Å².